The Labute approximate surface area is 166 Å². The molecule has 1 aliphatic rings. The molecule has 0 aromatic heterocycles. The number of likely N-dealkylation sites (tertiary alicyclic amines) is 1. The summed E-state index contributed by atoms with van der Waals surface area (Å²) < 4.78 is 10.7. The second-order valence-electron chi connectivity index (χ2n) is 7.96. The third kappa shape index (κ3) is 6.31. The van der Waals surface area contributed by atoms with E-state index in [1.165, 1.54) is 0 Å². The van der Waals surface area contributed by atoms with Crippen molar-refractivity contribution in [3.8, 4) is 5.75 Å². The second-order valence-corrected chi connectivity index (χ2v) is 8.37. The molecule has 0 atom stereocenters. The molecule has 1 fully saturated rings. The van der Waals surface area contributed by atoms with Crippen LogP contribution in [-0.4, -0.2) is 42.7 Å². The number of methoxy groups -OCH3 is 1. The Hall–Kier alpha value is -1.95. The monoisotopic (exact) mass is 396 g/mol. The molecule has 1 saturated heterocycles. The number of carbonyl (C=O) groups is 2. The van der Waals surface area contributed by atoms with E-state index in [4.69, 9.17) is 21.1 Å². The fraction of sp³-hybridized carbons (Fsp3) is 0.600. The summed E-state index contributed by atoms with van der Waals surface area (Å²) >= 11 is 6.10. The van der Waals surface area contributed by atoms with Gasteiger partial charge in [0, 0.05) is 30.6 Å². The SMILES string of the molecule is COc1cc(Cl)c(C)cc1NC(=O)CC1CCN(C(=O)OC(C)(C)C)CC1. The van der Waals surface area contributed by atoms with E-state index in [9.17, 15) is 9.59 Å². The van der Waals surface area contributed by atoms with Crippen molar-refractivity contribution >= 4 is 29.3 Å². The molecule has 1 aromatic rings. The minimum Gasteiger partial charge on any atom is -0.495 e. The van der Waals surface area contributed by atoms with E-state index in [-0.39, 0.29) is 17.9 Å². The summed E-state index contributed by atoms with van der Waals surface area (Å²) in [6.45, 7) is 8.66. The molecule has 0 unspecified atom stereocenters. The lowest BCUT2D eigenvalue weighted by Crippen LogP contribution is -2.42. The smallest absolute Gasteiger partial charge is 0.410 e. The molecule has 0 bridgehead atoms. The Bertz CT molecular complexity index is 692. The zero-order valence-electron chi connectivity index (χ0n) is 16.7. The molecule has 1 aromatic carbocycles. The number of nitrogens with one attached hydrogen (secondary N) is 1. The van der Waals surface area contributed by atoms with Crippen LogP contribution in [0.2, 0.25) is 5.02 Å². The molecule has 1 N–H and O–H groups in total. The first-order valence-corrected chi connectivity index (χ1v) is 9.58. The number of nitrogens with zero attached hydrogens (tertiary/aromatic N) is 1. The molecule has 0 spiro atoms. The van der Waals surface area contributed by atoms with Gasteiger partial charge < -0.3 is 19.7 Å². The minimum atomic E-state index is -0.496. The maximum atomic E-state index is 12.4. The molecule has 1 aliphatic heterocycles. The summed E-state index contributed by atoms with van der Waals surface area (Å²) in [6, 6.07) is 3.51. The summed E-state index contributed by atoms with van der Waals surface area (Å²) in [5, 5.41) is 3.51. The van der Waals surface area contributed by atoms with Crippen LogP contribution in [-0.2, 0) is 9.53 Å². The summed E-state index contributed by atoms with van der Waals surface area (Å²) in [6.07, 6.45) is 1.69. The van der Waals surface area contributed by atoms with Crippen molar-refractivity contribution in [2.24, 2.45) is 5.92 Å². The topological polar surface area (TPSA) is 67.9 Å². The van der Waals surface area contributed by atoms with Gasteiger partial charge in [0.15, 0.2) is 0 Å². The Morgan fingerprint density at radius 1 is 1.26 bits per heavy atom. The number of hydrogen-bond acceptors (Lipinski definition) is 4. The van der Waals surface area contributed by atoms with Gasteiger partial charge in [-0.1, -0.05) is 11.6 Å². The number of rotatable bonds is 4. The van der Waals surface area contributed by atoms with Gasteiger partial charge in [0.25, 0.3) is 0 Å². The van der Waals surface area contributed by atoms with Gasteiger partial charge in [-0.05, 0) is 58.1 Å². The largest absolute Gasteiger partial charge is 0.495 e. The number of halogens is 1. The summed E-state index contributed by atoms with van der Waals surface area (Å²) in [7, 11) is 1.54. The van der Waals surface area contributed by atoms with Crippen LogP contribution < -0.4 is 10.1 Å². The number of piperidine rings is 1. The second kappa shape index (κ2) is 8.83. The molecule has 7 heteroatoms. The Morgan fingerprint density at radius 3 is 2.44 bits per heavy atom. The third-order valence-electron chi connectivity index (χ3n) is 4.50. The fourth-order valence-electron chi connectivity index (χ4n) is 3.04. The standard InChI is InChI=1S/C20H29ClN2O4/c1-13-10-16(17(26-5)12-15(13)21)22-18(24)11-14-6-8-23(9-7-14)19(25)27-20(2,3)4/h10,12,14H,6-9,11H2,1-5H3,(H,22,24). The van der Waals surface area contributed by atoms with Gasteiger partial charge >= 0.3 is 6.09 Å². The summed E-state index contributed by atoms with van der Waals surface area (Å²) in [4.78, 5) is 26.3. The van der Waals surface area contributed by atoms with Crippen LogP contribution >= 0.6 is 11.6 Å². The Kier molecular flexibility index (Phi) is 6.98. The summed E-state index contributed by atoms with van der Waals surface area (Å²) in [5.74, 6) is 0.715. The lowest BCUT2D eigenvalue weighted by Gasteiger charge is -2.33. The maximum Gasteiger partial charge on any atom is 0.410 e. The number of amides is 2. The highest BCUT2D eigenvalue weighted by molar-refractivity contribution is 6.31. The van der Waals surface area contributed by atoms with Crippen LogP contribution in [0, 0.1) is 12.8 Å². The van der Waals surface area contributed by atoms with E-state index in [0.717, 1.165) is 18.4 Å². The van der Waals surface area contributed by atoms with Crippen molar-refractivity contribution in [3.05, 3.63) is 22.7 Å². The van der Waals surface area contributed by atoms with Gasteiger partial charge in [-0.3, -0.25) is 4.79 Å². The predicted molar refractivity (Wildman–Crippen MR) is 107 cm³/mol. The van der Waals surface area contributed by atoms with Crippen molar-refractivity contribution in [2.45, 2.75) is 52.6 Å². The third-order valence-corrected chi connectivity index (χ3v) is 4.90. The van der Waals surface area contributed by atoms with Crippen LogP contribution in [0.5, 0.6) is 5.75 Å². The van der Waals surface area contributed by atoms with Gasteiger partial charge in [0.05, 0.1) is 12.8 Å². The lowest BCUT2D eigenvalue weighted by atomic mass is 9.93. The molecule has 2 amide bonds. The number of aryl methyl sites for hydroxylation is 1. The molecule has 0 aliphatic carbocycles. The molecule has 0 radical (unpaired) electrons. The number of hydrogen-bond donors (Lipinski definition) is 1. The molecular formula is C20H29ClN2O4. The van der Waals surface area contributed by atoms with Gasteiger partial charge in [0.2, 0.25) is 5.91 Å². The van der Waals surface area contributed by atoms with Gasteiger partial charge in [-0.15, -0.1) is 0 Å². The number of ether oxygens (including phenoxy) is 2. The highest BCUT2D eigenvalue weighted by Crippen LogP contribution is 2.31. The van der Waals surface area contributed by atoms with Crippen molar-refractivity contribution in [2.75, 3.05) is 25.5 Å². The number of anilines is 1. The van der Waals surface area contributed by atoms with Crippen molar-refractivity contribution in [1.29, 1.82) is 0 Å². The van der Waals surface area contributed by atoms with Crippen molar-refractivity contribution in [3.63, 3.8) is 0 Å². The van der Waals surface area contributed by atoms with E-state index in [1.807, 2.05) is 33.8 Å². The van der Waals surface area contributed by atoms with Gasteiger partial charge in [-0.25, -0.2) is 4.79 Å². The molecule has 1 heterocycles. The highest BCUT2D eigenvalue weighted by Gasteiger charge is 2.28. The molecule has 27 heavy (non-hydrogen) atoms. The van der Waals surface area contributed by atoms with Crippen molar-refractivity contribution < 1.29 is 19.1 Å². The number of carbonyl (C=O) groups excluding carboxylic acids is 2. The van der Waals surface area contributed by atoms with Crippen LogP contribution in [0.3, 0.4) is 0 Å². The molecule has 2 rings (SSSR count). The lowest BCUT2D eigenvalue weighted by molar-refractivity contribution is -0.117. The molecule has 150 valence electrons. The number of benzene rings is 1. The first-order valence-electron chi connectivity index (χ1n) is 9.21. The van der Waals surface area contributed by atoms with E-state index >= 15 is 0 Å². The van der Waals surface area contributed by atoms with Crippen LogP contribution in [0.15, 0.2) is 12.1 Å². The van der Waals surface area contributed by atoms with Crippen LogP contribution in [0.1, 0.15) is 45.6 Å². The molecular weight excluding hydrogens is 368 g/mol. The predicted octanol–water partition coefficient (Wildman–Crippen LogP) is 4.63. The van der Waals surface area contributed by atoms with E-state index in [0.29, 0.717) is 36.0 Å². The maximum absolute atomic E-state index is 12.4. The van der Waals surface area contributed by atoms with Crippen LogP contribution in [0.4, 0.5) is 10.5 Å². The quantitative estimate of drug-likeness (QED) is 0.805. The van der Waals surface area contributed by atoms with Crippen LogP contribution in [0.25, 0.3) is 0 Å². The van der Waals surface area contributed by atoms with Crippen molar-refractivity contribution in [1.82, 2.24) is 4.90 Å². The van der Waals surface area contributed by atoms with E-state index in [1.54, 1.807) is 18.1 Å². The normalized spacial score (nSPS) is 15.4. The first-order chi connectivity index (χ1) is 12.6. The Balaban J connectivity index is 1.86. The zero-order valence-corrected chi connectivity index (χ0v) is 17.5. The average molecular weight is 397 g/mol. The molecule has 6 nitrogen and oxygen atoms in total. The van der Waals surface area contributed by atoms with Gasteiger partial charge in [-0.2, -0.15) is 0 Å². The Morgan fingerprint density at radius 2 is 1.89 bits per heavy atom. The van der Waals surface area contributed by atoms with E-state index in [2.05, 4.69) is 5.32 Å². The average Bonchev–Trinajstić information content (AvgIpc) is 2.57. The summed E-state index contributed by atoms with van der Waals surface area (Å²) in [5.41, 5.74) is 0.998. The highest BCUT2D eigenvalue weighted by atomic mass is 35.5. The molecule has 0 saturated carbocycles. The van der Waals surface area contributed by atoms with Gasteiger partial charge in [0.1, 0.15) is 11.4 Å². The minimum absolute atomic E-state index is 0.0641. The first kappa shape index (κ1) is 21.4. The zero-order chi connectivity index (χ0) is 20.2. The van der Waals surface area contributed by atoms with E-state index < -0.39 is 5.60 Å². The fourth-order valence-corrected chi connectivity index (χ4v) is 3.19.